The van der Waals surface area contributed by atoms with Crippen LogP contribution in [0, 0.1) is 6.92 Å². The Hall–Kier alpha value is -3.58. The maximum absolute atomic E-state index is 12.8. The number of rotatable bonds is 7. The molecule has 1 aliphatic heterocycles. The Kier molecular flexibility index (Phi) is 7.33. The molecule has 1 saturated heterocycles. The van der Waals surface area contributed by atoms with Crippen molar-refractivity contribution in [2.24, 2.45) is 0 Å². The number of anilines is 1. The highest BCUT2D eigenvalue weighted by Crippen LogP contribution is 2.38. The number of amides is 2. The van der Waals surface area contributed by atoms with Crippen molar-refractivity contribution in [1.29, 1.82) is 0 Å². The van der Waals surface area contributed by atoms with Gasteiger partial charge in [0.2, 0.25) is 5.91 Å². The molecule has 0 aliphatic carbocycles. The average Bonchev–Trinajstić information content (AvgIpc) is 3.24. The second-order valence-electron chi connectivity index (χ2n) is 8.03. The number of thioether (sulfide) groups is 1. The predicted octanol–water partition coefficient (Wildman–Crippen LogP) is 4.85. The van der Waals surface area contributed by atoms with E-state index in [2.05, 4.69) is 17.4 Å². The lowest BCUT2D eigenvalue weighted by atomic mass is 10.1. The Bertz CT molecular complexity index is 1200. The Morgan fingerprint density at radius 1 is 1.03 bits per heavy atom. The number of nitrogens with one attached hydrogen (secondary N) is 1. The number of ether oxygens (including phenoxy) is 1. The van der Waals surface area contributed by atoms with E-state index >= 15 is 0 Å². The minimum absolute atomic E-state index is 0.0627. The molecule has 1 N–H and O–H groups in total. The lowest BCUT2D eigenvalue weighted by Crippen LogP contribution is -2.30. The van der Waals surface area contributed by atoms with Crippen LogP contribution in [-0.2, 0) is 16.0 Å². The largest absolute Gasteiger partial charge is 0.465 e. The molecule has 1 aliphatic rings. The zero-order valence-corrected chi connectivity index (χ0v) is 19.9. The van der Waals surface area contributed by atoms with Gasteiger partial charge in [-0.15, -0.1) is 11.8 Å². The summed E-state index contributed by atoms with van der Waals surface area (Å²) in [6.45, 7) is 2.42. The van der Waals surface area contributed by atoms with Crippen LogP contribution in [0.4, 0.5) is 5.69 Å². The van der Waals surface area contributed by atoms with Crippen LogP contribution in [-0.4, -0.2) is 42.1 Å². The highest BCUT2D eigenvalue weighted by atomic mass is 32.2. The number of carbonyl (C=O) groups is 3. The minimum Gasteiger partial charge on any atom is -0.465 e. The molecule has 3 aromatic carbocycles. The highest BCUT2D eigenvalue weighted by molar-refractivity contribution is 8.00. The van der Waals surface area contributed by atoms with Gasteiger partial charge < -0.3 is 15.0 Å². The van der Waals surface area contributed by atoms with Crippen LogP contribution in [0.5, 0.6) is 0 Å². The van der Waals surface area contributed by atoms with Crippen molar-refractivity contribution in [1.82, 2.24) is 4.90 Å². The number of benzene rings is 3. The summed E-state index contributed by atoms with van der Waals surface area (Å²) in [5.41, 5.74) is 4.30. The molecule has 4 rings (SSSR count). The Morgan fingerprint density at radius 2 is 1.76 bits per heavy atom. The fourth-order valence-corrected chi connectivity index (χ4v) is 5.18. The van der Waals surface area contributed by atoms with Gasteiger partial charge >= 0.3 is 5.97 Å². The van der Waals surface area contributed by atoms with Crippen LogP contribution in [0.1, 0.15) is 42.8 Å². The summed E-state index contributed by atoms with van der Waals surface area (Å²) in [4.78, 5) is 39.2. The second-order valence-corrected chi connectivity index (χ2v) is 9.10. The number of nitrogens with zero attached hydrogens (tertiary/aromatic N) is 1. The molecule has 2 amide bonds. The topological polar surface area (TPSA) is 75.7 Å². The second kappa shape index (κ2) is 10.6. The summed E-state index contributed by atoms with van der Waals surface area (Å²) in [5.74, 6) is -0.128. The summed E-state index contributed by atoms with van der Waals surface area (Å²) >= 11 is 1.60. The normalized spacial score (nSPS) is 15.3. The molecule has 0 saturated carbocycles. The summed E-state index contributed by atoms with van der Waals surface area (Å²) < 4.78 is 4.80. The third-order valence-corrected chi connectivity index (χ3v) is 7.15. The first-order valence-corrected chi connectivity index (χ1v) is 12.1. The van der Waals surface area contributed by atoms with Crippen molar-refractivity contribution < 1.29 is 19.1 Å². The van der Waals surface area contributed by atoms with E-state index in [0.717, 1.165) is 12.0 Å². The van der Waals surface area contributed by atoms with Crippen molar-refractivity contribution in [2.75, 3.05) is 24.7 Å². The van der Waals surface area contributed by atoms with Gasteiger partial charge in [0.25, 0.3) is 5.91 Å². The van der Waals surface area contributed by atoms with Gasteiger partial charge in [0.1, 0.15) is 5.37 Å². The number of hydrogen-bond acceptors (Lipinski definition) is 5. The van der Waals surface area contributed by atoms with Gasteiger partial charge in [-0.25, -0.2) is 4.79 Å². The van der Waals surface area contributed by atoms with E-state index in [1.807, 2.05) is 35.2 Å². The first kappa shape index (κ1) is 23.6. The zero-order chi connectivity index (χ0) is 24.1. The first-order valence-electron chi connectivity index (χ1n) is 11.0. The van der Waals surface area contributed by atoms with E-state index in [1.54, 1.807) is 49.0 Å². The lowest BCUT2D eigenvalue weighted by Gasteiger charge is -2.24. The number of hydrogen-bond donors (Lipinski definition) is 1. The van der Waals surface area contributed by atoms with Gasteiger partial charge in [0.15, 0.2) is 0 Å². The fraction of sp³-hybridized carbons (Fsp3) is 0.222. The average molecular weight is 475 g/mol. The predicted molar refractivity (Wildman–Crippen MR) is 134 cm³/mol. The molecular formula is C27H26N2O4S. The van der Waals surface area contributed by atoms with Gasteiger partial charge in [-0.1, -0.05) is 48.5 Å². The molecule has 3 aromatic rings. The molecule has 0 radical (unpaired) electrons. The summed E-state index contributed by atoms with van der Waals surface area (Å²) in [7, 11) is 1.33. The summed E-state index contributed by atoms with van der Waals surface area (Å²) in [5, 5.41) is 2.81. The van der Waals surface area contributed by atoms with Crippen LogP contribution in [0.3, 0.4) is 0 Å². The van der Waals surface area contributed by atoms with Gasteiger partial charge in [-0.05, 0) is 54.3 Å². The minimum atomic E-state index is -0.446. The molecule has 0 spiro atoms. The van der Waals surface area contributed by atoms with E-state index in [1.165, 1.54) is 12.7 Å². The third-order valence-electron chi connectivity index (χ3n) is 5.90. The molecule has 1 heterocycles. The van der Waals surface area contributed by atoms with Crippen molar-refractivity contribution >= 4 is 35.2 Å². The fourth-order valence-electron chi connectivity index (χ4n) is 3.96. The van der Waals surface area contributed by atoms with Crippen molar-refractivity contribution in [2.45, 2.75) is 18.7 Å². The van der Waals surface area contributed by atoms with Gasteiger partial charge in [-0.3, -0.25) is 9.59 Å². The van der Waals surface area contributed by atoms with Crippen LogP contribution >= 0.6 is 11.8 Å². The molecule has 6 nitrogen and oxygen atoms in total. The van der Waals surface area contributed by atoms with Gasteiger partial charge in [-0.2, -0.15) is 0 Å². The highest BCUT2D eigenvalue weighted by Gasteiger charge is 2.32. The standard InChI is InChI=1S/C27H26N2O4S/c1-18-22(27(32)33-2)9-6-10-23(18)28-25(31)20-11-13-21(14-12-20)26-29(24(30)17-34-26)16-15-19-7-4-3-5-8-19/h3-14,26H,15-17H2,1-2H3,(H,28,31)/t26-/m1/s1. The molecule has 0 unspecified atom stereocenters. The van der Waals surface area contributed by atoms with Crippen LogP contribution in [0.2, 0.25) is 0 Å². The van der Waals surface area contributed by atoms with E-state index in [9.17, 15) is 14.4 Å². The molecule has 1 atom stereocenters. The molecular weight excluding hydrogens is 448 g/mol. The van der Waals surface area contributed by atoms with E-state index in [4.69, 9.17) is 4.74 Å². The van der Waals surface area contributed by atoms with Gasteiger partial charge in [0.05, 0.1) is 18.4 Å². The Balaban J connectivity index is 1.44. The Labute approximate surface area is 203 Å². The first-order chi connectivity index (χ1) is 16.5. The monoisotopic (exact) mass is 474 g/mol. The van der Waals surface area contributed by atoms with E-state index in [0.29, 0.717) is 34.7 Å². The molecule has 7 heteroatoms. The smallest absolute Gasteiger partial charge is 0.338 e. The van der Waals surface area contributed by atoms with E-state index < -0.39 is 5.97 Å². The van der Waals surface area contributed by atoms with Crippen molar-refractivity contribution in [3.63, 3.8) is 0 Å². The SMILES string of the molecule is COC(=O)c1cccc(NC(=O)c2ccc([C@H]3SCC(=O)N3CCc3ccccc3)cc2)c1C. The van der Waals surface area contributed by atoms with Crippen molar-refractivity contribution in [3.05, 3.63) is 101 Å². The maximum atomic E-state index is 12.8. The quantitative estimate of drug-likeness (QED) is 0.496. The van der Waals surface area contributed by atoms with Crippen LogP contribution in [0.15, 0.2) is 72.8 Å². The van der Waals surface area contributed by atoms with E-state index in [-0.39, 0.29) is 17.2 Å². The van der Waals surface area contributed by atoms with Crippen molar-refractivity contribution in [3.8, 4) is 0 Å². The third kappa shape index (κ3) is 5.15. The zero-order valence-electron chi connectivity index (χ0n) is 19.1. The molecule has 0 bridgehead atoms. The maximum Gasteiger partial charge on any atom is 0.338 e. The number of esters is 1. The van der Waals surface area contributed by atoms with Crippen LogP contribution in [0.25, 0.3) is 0 Å². The molecule has 1 fully saturated rings. The van der Waals surface area contributed by atoms with Gasteiger partial charge in [0, 0.05) is 17.8 Å². The summed E-state index contributed by atoms with van der Waals surface area (Å²) in [6.07, 6.45) is 0.800. The molecule has 0 aromatic heterocycles. The Morgan fingerprint density at radius 3 is 2.47 bits per heavy atom. The summed E-state index contributed by atoms with van der Waals surface area (Å²) in [6, 6.07) is 22.6. The van der Waals surface area contributed by atoms with Crippen LogP contribution < -0.4 is 5.32 Å². The molecule has 174 valence electrons. The molecule has 34 heavy (non-hydrogen) atoms. The number of carbonyl (C=O) groups excluding carboxylic acids is 3. The number of methoxy groups -OCH3 is 1. The lowest BCUT2D eigenvalue weighted by molar-refractivity contribution is -0.128.